The van der Waals surface area contributed by atoms with Crippen LogP contribution >= 0.6 is 0 Å². The lowest BCUT2D eigenvalue weighted by Gasteiger charge is -2.36. The average molecular weight is 582 g/mol. The molecule has 7 heteroatoms. The maximum Gasteiger partial charge on any atom is 0.217 e. The summed E-state index contributed by atoms with van der Waals surface area (Å²) in [5.74, 6) is -0.352. The molecule has 0 aliphatic carbocycles. The number of ether oxygens (including phenoxy) is 4. The van der Waals surface area contributed by atoms with Gasteiger partial charge in [-0.25, -0.2) is 0 Å². The van der Waals surface area contributed by atoms with Crippen LogP contribution in [0.15, 0.2) is 121 Å². The second-order valence-electron chi connectivity index (χ2n) is 10.2. The minimum atomic E-state index is -0.987. The second kappa shape index (κ2) is 17.7. The Kier molecular flexibility index (Phi) is 13.1. The molecule has 0 bridgehead atoms. The van der Waals surface area contributed by atoms with Gasteiger partial charge in [0.15, 0.2) is 0 Å². The fraction of sp³-hybridized carbons (Fsp3) is 0.278. The zero-order valence-corrected chi connectivity index (χ0v) is 24.4. The first-order valence-corrected chi connectivity index (χ1v) is 14.4. The number of benzene rings is 4. The van der Waals surface area contributed by atoms with Crippen LogP contribution in [0.1, 0.15) is 29.2 Å². The van der Waals surface area contributed by atoms with Crippen molar-refractivity contribution in [1.29, 1.82) is 0 Å². The van der Waals surface area contributed by atoms with Crippen molar-refractivity contribution in [3.05, 3.63) is 144 Å². The molecule has 0 aliphatic rings. The van der Waals surface area contributed by atoms with Gasteiger partial charge in [-0.3, -0.25) is 4.79 Å². The minimum absolute atomic E-state index is 0.165. The summed E-state index contributed by atoms with van der Waals surface area (Å²) < 4.78 is 25.6. The van der Waals surface area contributed by atoms with Crippen molar-refractivity contribution in [1.82, 2.24) is 5.32 Å². The predicted octanol–water partition coefficient (Wildman–Crippen LogP) is 5.66. The Hall–Kier alpha value is -4.14. The van der Waals surface area contributed by atoms with Gasteiger partial charge in [-0.15, -0.1) is 0 Å². The van der Waals surface area contributed by atoms with E-state index in [2.05, 4.69) is 5.32 Å². The number of amides is 1. The van der Waals surface area contributed by atoms with Gasteiger partial charge in [-0.1, -0.05) is 121 Å². The number of hydrogen-bond donors (Lipinski definition) is 1. The first kappa shape index (κ1) is 31.8. The van der Waals surface area contributed by atoms with E-state index in [1.165, 1.54) is 6.92 Å². The van der Waals surface area contributed by atoms with Crippen LogP contribution in [0.5, 0.6) is 0 Å². The predicted molar refractivity (Wildman–Crippen MR) is 165 cm³/mol. The Balaban J connectivity index is 1.65. The molecule has 4 atom stereocenters. The molecular formula is C36H39NO6. The third kappa shape index (κ3) is 10.9. The van der Waals surface area contributed by atoms with Crippen LogP contribution in [0.25, 0.3) is 0 Å². The summed E-state index contributed by atoms with van der Waals surface area (Å²) in [4.78, 5) is 24.6. The number of aldehydes is 1. The highest BCUT2D eigenvalue weighted by atomic mass is 16.6. The number of rotatable bonds is 18. The molecule has 4 rings (SSSR count). The Morgan fingerprint density at radius 2 is 1.00 bits per heavy atom. The fourth-order valence-corrected chi connectivity index (χ4v) is 4.66. The van der Waals surface area contributed by atoms with Crippen molar-refractivity contribution in [2.45, 2.75) is 57.7 Å². The van der Waals surface area contributed by atoms with E-state index in [4.69, 9.17) is 18.9 Å². The van der Waals surface area contributed by atoms with Crippen molar-refractivity contribution in [3.63, 3.8) is 0 Å². The Morgan fingerprint density at radius 1 is 0.605 bits per heavy atom. The SMILES string of the molecule is CC(=O)N[C@@H](C=O)[C@@H](OCc1ccccc1)[C@H](OCc1ccccc1)[C@@H](COCc1ccccc1)OCc1ccccc1. The molecule has 0 fully saturated rings. The van der Waals surface area contributed by atoms with Crippen LogP contribution < -0.4 is 5.32 Å². The molecule has 4 aromatic carbocycles. The Labute approximate surface area is 253 Å². The number of carbonyl (C=O) groups is 2. The number of carbonyl (C=O) groups excluding carboxylic acids is 2. The molecule has 224 valence electrons. The molecule has 0 saturated heterocycles. The zero-order valence-electron chi connectivity index (χ0n) is 24.4. The maximum atomic E-state index is 12.5. The molecule has 43 heavy (non-hydrogen) atoms. The van der Waals surface area contributed by atoms with Crippen LogP contribution in [-0.2, 0) is 55.0 Å². The first-order chi connectivity index (χ1) is 21.1. The third-order valence-corrected chi connectivity index (χ3v) is 6.83. The van der Waals surface area contributed by atoms with Crippen molar-refractivity contribution in [3.8, 4) is 0 Å². The Bertz CT molecular complexity index is 1340. The molecule has 1 amide bonds. The average Bonchev–Trinajstić information content (AvgIpc) is 3.05. The van der Waals surface area contributed by atoms with E-state index < -0.39 is 24.4 Å². The van der Waals surface area contributed by atoms with Crippen molar-refractivity contribution in [2.75, 3.05) is 6.61 Å². The monoisotopic (exact) mass is 581 g/mol. The third-order valence-electron chi connectivity index (χ3n) is 6.83. The molecule has 7 nitrogen and oxygen atoms in total. The molecule has 1 N–H and O–H groups in total. The summed E-state index contributed by atoms with van der Waals surface area (Å²) in [6, 6.07) is 38.1. The minimum Gasteiger partial charge on any atom is -0.374 e. The largest absolute Gasteiger partial charge is 0.374 e. The fourth-order valence-electron chi connectivity index (χ4n) is 4.66. The quantitative estimate of drug-likeness (QED) is 0.153. The molecule has 0 heterocycles. The summed E-state index contributed by atoms with van der Waals surface area (Å²) in [5, 5.41) is 2.75. The van der Waals surface area contributed by atoms with Crippen LogP contribution in [0, 0.1) is 0 Å². The molecule has 0 aliphatic heterocycles. The molecule has 0 saturated carbocycles. The molecule has 0 unspecified atom stereocenters. The molecule has 0 radical (unpaired) electrons. The highest BCUT2D eigenvalue weighted by Crippen LogP contribution is 2.22. The van der Waals surface area contributed by atoms with Crippen LogP contribution in [-0.4, -0.2) is 43.2 Å². The highest BCUT2D eigenvalue weighted by Gasteiger charge is 2.38. The smallest absolute Gasteiger partial charge is 0.217 e. The first-order valence-electron chi connectivity index (χ1n) is 14.4. The zero-order chi connectivity index (χ0) is 30.1. The number of hydrogen-bond acceptors (Lipinski definition) is 6. The summed E-state index contributed by atoms with van der Waals surface area (Å²) in [6.07, 6.45) is -1.63. The molecule has 0 spiro atoms. The lowest BCUT2D eigenvalue weighted by molar-refractivity contribution is -0.176. The van der Waals surface area contributed by atoms with E-state index >= 15 is 0 Å². The lowest BCUT2D eigenvalue weighted by atomic mass is 10.0. The van der Waals surface area contributed by atoms with Crippen molar-refractivity contribution in [2.24, 2.45) is 0 Å². The summed E-state index contributed by atoms with van der Waals surface area (Å²) in [6.45, 7) is 2.65. The molecular weight excluding hydrogens is 542 g/mol. The van der Waals surface area contributed by atoms with Crippen LogP contribution in [0.2, 0.25) is 0 Å². The van der Waals surface area contributed by atoms with Gasteiger partial charge in [-0.2, -0.15) is 0 Å². The van der Waals surface area contributed by atoms with Gasteiger partial charge < -0.3 is 29.1 Å². The van der Waals surface area contributed by atoms with Crippen LogP contribution in [0.3, 0.4) is 0 Å². The summed E-state index contributed by atoms with van der Waals surface area (Å²) in [5.41, 5.74) is 3.87. The van der Waals surface area contributed by atoms with E-state index in [0.29, 0.717) is 19.5 Å². The van der Waals surface area contributed by atoms with Crippen molar-refractivity contribution < 1.29 is 28.5 Å². The highest BCUT2D eigenvalue weighted by molar-refractivity contribution is 5.77. The normalized spacial score (nSPS) is 13.9. The van der Waals surface area contributed by atoms with E-state index in [9.17, 15) is 9.59 Å². The molecule has 4 aromatic rings. The van der Waals surface area contributed by atoms with E-state index in [1.807, 2.05) is 121 Å². The standard InChI is InChI=1S/C36H39NO6/c1-28(39)37-33(22-38)35(42-25-31-18-10-4-11-19-31)36(43-26-32-20-12-5-13-21-32)34(41-24-30-16-8-3-9-17-30)27-40-23-29-14-6-2-7-15-29/h2-22,33-36H,23-27H2,1H3,(H,37,39)/t33-,34+,35+,36+/m0/s1. The topological polar surface area (TPSA) is 83.1 Å². The summed E-state index contributed by atoms with van der Waals surface area (Å²) >= 11 is 0. The van der Waals surface area contributed by atoms with Gasteiger partial charge in [0.2, 0.25) is 5.91 Å². The van der Waals surface area contributed by atoms with Gasteiger partial charge in [0, 0.05) is 6.92 Å². The van der Waals surface area contributed by atoms with Gasteiger partial charge in [-0.05, 0) is 22.3 Å². The van der Waals surface area contributed by atoms with Gasteiger partial charge >= 0.3 is 0 Å². The van der Waals surface area contributed by atoms with Gasteiger partial charge in [0.25, 0.3) is 0 Å². The second-order valence-corrected chi connectivity index (χ2v) is 10.2. The summed E-state index contributed by atoms with van der Waals surface area (Å²) in [7, 11) is 0. The maximum absolute atomic E-state index is 12.5. The number of nitrogens with one attached hydrogen (secondary N) is 1. The Morgan fingerprint density at radius 3 is 1.42 bits per heavy atom. The molecule has 0 aromatic heterocycles. The van der Waals surface area contributed by atoms with Gasteiger partial charge in [0.05, 0.1) is 33.0 Å². The van der Waals surface area contributed by atoms with Crippen molar-refractivity contribution >= 4 is 12.2 Å². The van der Waals surface area contributed by atoms with Crippen LogP contribution in [0.4, 0.5) is 0 Å². The lowest BCUT2D eigenvalue weighted by Crippen LogP contribution is -2.56. The van der Waals surface area contributed by atoms with E-state index in [0.717, 1.165) is 22.3 Å². The van der Waals surface area contributed by atoms with E-state index in [-0.39, 0.29) is 25.7 Å². The van der Waals surface area contributed by atoms with Gasteiger partial charge in [0.1, 0.15) is 30.6 Å². The van der Waals surface area contributed by atoms with E-state index in [1.54, 1.807) is 0 Å².